The summed E-state index contributed by atoms with van der Waals surface area (Å²) in [7, 11) is 0. The zero-order valence-corrected chi connectivity index (χ0v) is 17.6. The van der Waals surface area contributed by atoms with E-state index in [1.54, 1.807) is 12.1 Å². The first kappa shape index (κ1) is 19.9. The molecule has 1 N–H and O–H groups in total. The first-order chi connectivity index (χ1) is 15.1. The number of aromatic nitrogens is 1. The lowest BCUT2D eigenvalue weighted by atomic mass is 10.00. The lowest BCUT2D eigenvalue weighted by Crippen LogP contribution is -2.28. The topological polar surface area (TPSA) is 31.4 Å². The van der Waals surface area contributed by atoms with Crippen molar-refractivity contribution in [2.45, 2.75) is 45.8 Å². The minimum absolute atomic E-state index is 0.372. The van der Waals surface area contributed by atoms with Crippen LogP contribution in [-0.4, -0.2) is 15.6 Å². The molecular weight excluding hydrogens is 392 g/mol. The van der Waals surface area contributed by atoms with Gasteiger partial charge in [-0.25, -0.2) is 8.78 Å². The Hall–Kier alpha value is -3.05. The fourth-order valence-electron chi connectivity index (χ4n) is 4.60. The van der Waals surface area contributed by atoms with Gasteiger partial charge in [-0.1, -0.05) is 42.0 Å². The van der Waals surface area contributed by atoms with Crippen molar-refractivity contribution in [1.29, 1.82) is 0 Å². The molecule has 0 saturated carbocycles. The van der Waals surface area contributed by atoms with Crippen LogP contribution in [0.25, 0.3) is 11.6 Å². The van der Waals surface area contributed by atoms with Gasteiger partial charge >= 0.3 is 0 Å². The van der Waals surface area contributed by atoms with Gasteiger partial charge in [0.2, 0.25) is 0 Å². The van der Waals surface area contributed by atoms with Gasteiger partial charge in [0.15, 0.2) is 11.6 Å². The SMILES string of the molecule is CC1=c2cccc/c2=C/C(=Nc2c[nH]c3c2CN(Cc2cccc(F)c2F)C3)CCC1. The fraction of sp³-hybridized carbons (Fsp3) is 0.269. The highest BCUT2D eigenvalue weighted by Gasteiger charge is 2.25. The Morgan fingerprint density at radius 3 is 2.81 bits per heavy atom. The molecule has 0 saturated heterocycles. The number of benzene rings is 2. The van der Waals surface area contributed by atoms with Crippen molar-refractivity contribution in [3.63, 3.8) is 0 Å². The highest BCUT2D eigenvalue weighted by atomic mass is 19.2. The van der Waals surface area contributed by atoms with Crippen molar-refractivity contribution in [2.24, 2.45) is 4.99 Å². The molecule has 2 aliphatic rings. The Balaban J connectivity index is 1.43. The molecule has 0 bridgehead atoms. The molecule has 3 aromatic rings. The van der Waals surface area contributed by atoms with E-state index in [1.165, 1.54) is 16.0 Å². The van der Waals surface area contributed by atoms with Crippen molar-refractivity contribution < 1.29 is 8.78 Å². The smallest absolute Gasteiger partial charge is 0.163 e. The van der Waals surface area contributed by atoms with Crippen LogP contribution in [-0.2, 0) is 19.6 Å². The summed E-state index contributed by atoms with van der Waals surface area (Å²) in [4.78, 5) is 10.5. The van der Waals surface area contributed by atoms with Gasteiger partial charge in [-0.3, -0.25) is 9.89 Å². The molecule has 0 unspecified atom stereocenters. The summed E-state index contributed by atoms with van der Waals surface area (Å²) in [5.41, 5.74) is 6.09. The summed E-state index contributed by atoms with van der Waals surface area (Å²) in [6.07, 6.45) is 7.25. The van der Waals surface area contributed by atoms with Gasteiger partial charge in [-0.05, 0) is 48.8 Å². The van der Waals surface area contributed by atoms with Crippen molar-refractivity contribution in [3.8, 4) is 0 Å². The Bertz CT molecular complexity index is 1290. The average Bonchev–Trinajstić information content (AvgIpc) is 3.31. The molecule has 158 valence electrons. The van der Waals surface area contributed by atoms with Crippen LogP contribution in [0, 0.1) is 11.6 Å². The van der Waals surface area contributed by atoms with Crippen molar-refractivity contribution in [2.75, 3.05) is 0 Å². The van der Waals surface area contributed by atoms with Crippen LogP contribution in [0.1, 0.15) is 43.0 Å². The molecule has 1 aliphatic heterocycles. The van der Waals surface area contributed by atoms with E-state index < -0.39 is 11.6 Å². The second-order valence-electron chi connectivity index (χ2n) is 8.46. The van der Waals surface area contributed by atoms with E-state index in [0.717, 1.165) is 48.0 Å². The molecule has 1 aromatic heterocycles. The Morgan fingerprint density at radius 2 is 1.90 bits per heavy atom. The van der Waals surface area contributed by atoms with Crippen LogP contribution in [0.4, 0.5) is 14.5 Å². The van der Waals surface area contributed by atoms with Gasteiger partial charge in [0, 0.05) is 48.4 Å². The third-order valence-corrected chi connectivity index (χ3v) is 6.24. The number of hydrogen-bond acceptors (Lipinski definition) is 2. The molecule has 2 aromatic carbocycles. The number of rotatable bonds is 3. The molecule has 0 atom stereocenters. The molecule has 0 radical (unpaired) electrons. The molecule has 1 aliphatic carbocycles. The zero-order valence-electron chi connectivity index (χ0n) is 17.6. The van der Waals surface area contributed by atoms with Crippen molar-refractivity contribution in [1.82, 2.24) is 9.88 Å². The minimum atomic E-state index is -0.796. The third-order valence-electron chi connectivity index (χ3n) is 6.24. The molecular formula is C26H25F2N3. The second kappa shape index (κ2) is 8.23. The molecule has 0 fully saturated rings. The largest absolute Gasteiger partial charge is 0.362 e. The summed E-state index contributed by atoms with van der Waals surface area (Å²) in [6, 6.07) is 12.8. The maximum Gasteiger partial charge on any atom is 0.163 e. The van der Waals surface area contributed by atoms with Crippen LogP contribution in [0.5, 0.6) is 0 Å². The monoisotopic (exact) mass is 417 g/mol. The van der Waals surface area contributed by atoms with Crippen LogP contribution >= 0.6 is 0 Å². The van der Waals surface area contributed by atoms with Gasteiger partial charge in [-0.15, -0.1) is 0 Å². The summed E-state index contributed by atoms with van der Waals surface area (Å²) < 4.78 is 27.6. The third kappa shape index (κ3) is 3.98. The second-order valence-corrected chi connectivity index (χ2v) is 8.46. The number of nitrogens with zero attached hydrogens (tertiary/aromatic N) is 2. The van der Waals surface area contributed by atoms with E-state index in [0.29, 0.717) is 25.2 Å². The number of halogens is 2. The normalized spacial score (nSPS) is 18.9. The van der Waals surface area contributed by atoms with Crippen LogP contribution < -0.4 is 10.4 Å². The standard InChI is InChI=1S/C26H25F2N3/c1-17-6-4-9-20(12-18-7-2-3-10-21(17)18)30-24-13-29-25-16-31(15-22(24)25)14-19-8-5-11-23(27)26(19)28/h2-3,5,7-8,10-13,29H,4,6,9,14-16H2,1H3/b18-12-,21-17?,30-20?. The molecule has 3 nitrogen and oxygen atoms in total. The molecule has 5 rings (SSSR count). The average molecular weight is 418 g/mol. The molecule has 31 heavy (non-hydrogen) atoms. The Kier molecular flexibility index (Phi) is 5.28. The summed E-state index contributed by atoms with van der Waals surface area (Å²) in [6.45, 7) is 3.93. The minimum Gasteiger partial charge on any atom is -0.362 e. The van der Waals surface area contributed by atoms with Gasteiger partial charge in [0.25, 0.3) is 0 Å². The van der Waals surface area contributed by atoms with E-state index in [9.17, 15) is 8.78 Å². The molecule has 0 spiro atoms. The molecule has 0 amide bonds. The number of H-pyrrole nitrogens is 1. The van der Waals surface area contributed by atoms with Crippen LogP contribution in [0.15, 0.2) is 53.7 Å². The van der Waals surface area contributed by atoms with Gasteiger partial charge in [0.1, 0.15) is 0 Å². The van der Waals surface area contributed by atoms with Crippen molar-refractivity contribution in [3.05, 3.63) is 87.6 Å². The lowest BCUT2D eigenvalue weighted by Gasteiger charge is -2.16. The lowest BCUT2D eigenvalue weighted by molar-refractivity contribution is 0.267. The van der Waals surface area contributed by atoms with Gasteiger partial charge in [-0.2, -0.15) is 0 Å². The fourth-order valence-corrected chi connectivity index (χ4v) is 4.60. The summed E-state index contributed by atoms with van der Waals surface area (Å²) >= 11 is 0. The van der Waals surface area contributed by atoms with E-state index >= 15 is 0 Å². The van der Waals surface area contributed by atoms with E-state index in [4.69, 9.17) is 4.99 Å². The summed E-state index contributed by atoms with van der Waals surface area (Å²) in [5, 5.41) is 2.52. The number of hydrogen-bond donors (Lipinski definition) is 1. The predicted molar refractivity (Wildman–Crippen MR) is 120 cm³/mol. The van der Waals surface area contributed by atoms with Gasteiger partial charge in [0.05, 0.1) is 5.69 Å². The highest BCUT2D eigenvalue weighted by Crippen LogP contribution is 2.32. The quantitative estimate of drug-likeness (QED) is 0.657. The number of fused-ring (bicyclic) bond motifs is 2. The maximum absolute atomic E-state index is 14.1. The summed E-state index contributed by atoms with van der Waals surface area (Å²) in [5.74, 6) is -1.55. The van der Waals surface area contributed by atoms with E-state index in [2.05, 4.69) is 47.1 Å². The number of aromatic amines is 1. The molecule has 5 heteroatoms. The van der Waals surface area contributed by atoms with Gasteiger partial charge < -0.3 is 4.98 Å². The number of nitrogens with one attached hydrogen (secondary N) is 1. The van der Waals surface area contributed by atoms with E-state index in [1.807, 2.05) is 6.20 Å². The Labute approximate surface area is 180 Å². The van der Waals surface area contributed by atoms with Crippen LogP contribution in [0.2, 0.25) is 0 Å². The van der Waals surface area contributed by atoms with Crippen molar-refractivity contribution >= 4 is 23.0 Å². The predicted octanol–water partition coefficient (Wildman–Crippen LogP) is 4.72. The highest BCUT2D eigenvalue weighted by molar-refractivity contribution is 6.11. The van der Waals surface area contributed by atoms with E-state index in [-0.39, 0.29) is 0 Å². The maximum atomic E-state index is 14.1. The first-order valence-corrected chi connectivity index (χ1v) is 10.8. The number of aliphatic imine (C=N–C) groups is 1. The Morgan fingerprint density at radius 1 is 1.03 bits per heavy atom. The molecule has 2 heterocycles. The van der Waals surface area contributed by atoms with Crippen LogP contribution in [0.3, 0.4) is 0 Å². The zero-order chi connectivity index (χ0) is 21.4. The first-order valence-electron chi connectivity index (χ1n) is 10.8.